The minimum Gasteiger partial charge on any atom is -0.374 e. The van der Waals surface area contributed by atoms with Crippen molar-refractivity contribution in [1.82, 2.24) is 15.1 Å². The SMILES string of the molecule is CCC(CC)(NC(O)c1cnn2c1NC(c1ccccc1)CC2(C)C)c1cccc(C(F)(F)F)c1. The Balaban J connectivity index is 1.68. The summed E-state index contributed by atoms with van der Waals surface area (Å²) in [6.07, 6.45) is -2.13. The van der Waals surface area contributed by atoms with Crippen molar-refractivity contribution in [3.05, 3.63) is 83.0 Å². The maximum absolute atomic E-state index is 13.4. The second-order valence-corrected chi connectivity index (χ2v) is 9.90. The molecule has 2 aromatic carbocycles. The van der Waals surface area contributed by atoms with Crippen LogP contribution < -0.4 is 10.6 Å². The predicted molar refractivity (Wildman–Crippen MR) is 131 cm³/mol. The highest BCUT2D eigenvalue weighted by atomic mass is 19.4. The van der Waals surface area contributed by atoms with Crippen LogP contribution in [0.5, 0.6) is 0 Å². The zero-order valence-electron chi connectivity index (χ0n) is 20.5. The van der Waals surface area contributed by atoms with E-state index in [9.17, 15) is 18.3 Å². The number of hydrogen-bond acceptors (Lipinski definition) is 4. The molecule has 35 heavy (non-hydrogen) atoms. The summed E-state index contributed by atoms with van der Waals surface area (Å²) in [7, 11) is 0. The zero-order chi connectivity index (χ0) is 25.4. The van der Waals surface area contributed by atoms with E-state index in [1.807, 2.05) is 36.7 Å². The summed E-state index contributed by atoms with van der Waals surface area (Å²) >= 11 is 0. The third-order valence-electron chi connectivity index (χ3n) is 7.24. The summed E-state index contributed by atoms with van der Waals surface area (Å²) in [5, 5.41) is 22.7. The number of nitrogens with zero attached hydrogens (tertiary/aromatic N) is 2. The summed E-state index contributed by atoms with van der Waals surface area (Å²) in [6.45, 7) is 8.03. The van der Waals surface area contributed by atoms with Crippen LogP contribution in [0, 0.1) is 0 Å². The molecule has 3 aromatic rings. The highest BCUT2D eigenvalue weighted by Crippen LogP contribution is 2.42. The van der Waals surface area contributed by atoms with Crippen molar-refractivity contribution in [3.63, 3.8) is 0 Å². The molecule has 1 aliphatic heterocycles. The van der Waals surface area contributed by atoms with E-state index in [2.05, 4.69) is 41.7 Å². The molecule has 0 aliphatic carbocycles. The van der Waals surface area contributed by atoms with Gasteiger partial charge < -0.3 is 10.4 Å². The van der Waals surface area contributed by atoms with Gasteiger partial charge in [0.15, 0.2) is 0 Å². The Kier molecular flexibility index (Phi) is 6.72. The van der Waals surface area contributed by atoms with E-state index in [1.54, 1.807) is 12.3 Å². The summed E-state index contributed by atoms with van der Waals surface area (Å²) < 4.78 is 42.1. The van der Waals surface area contributed by atoms with Gasteiger partial charge in [0.05, 0.1) is 28.9 Å². The molecule has 5 nitrogen and oxygen atoms in total. The molecule has 2 unspecified atom stereocenters. The molecule has 0 amide bonds. The van der Waals surface area contributed by atoms with Crippen LogP contribution in [-0.4, -0.2) is 14.9 Å². The number of hydrogen-bond donors (Lipinski definition) is 3. The van der Waals surface area contributed by atoms with Crippen molar-refractivity contribution in [2.24, 2.45) is 0 Å². The van der Waals surface area contributed by atoms with Gasteiger partial charge in [-0.2, -0.15) is 18.3 Å². The van der Waals surface area contributed by atoms with Crippen molar-refractivity contribution in [3.8, 4) is 0 Å². The van der Waals surface area contributed by atoms with E-state index in [0.29, 0.717) is 29.8 Å². The average molecular weight is 487 g/mol. The largest absolute Gasteiger partial charge is 0.416 e. The molecular weight excluding hydrogens is 453 g/mol. The Labute approximate surface area is 204 Å². The average Bonchev–Trinajstić information content (AvgIpc) is 3.28. The summed E-state index contributed by atoms with van der Waals surface area (Å²) in [4.78, 5) is 0. The van der Waals surface area contributed by atoms with E-state index in [4.69, 9.17) is 0 Å². The van der Waals surface area contributed by atoms with Gasteiger partial charge in [0.2, 0.25) is 0 Å². The molecule has 3 N–H and O–H groups in total. The minimum atomic E-state index is -4.44. The van der Waals surface area contributed by atoms with Crippen molar-refractivity contribution < 1.29 is 18.3 Å². The van der Waals surface area contributed by atoms with Gasteiger partial charge in [-0.3, -0.25) is 5.32 Å². The second kappa shape index (κ2) is 9.32. The highest BCUT2D eigenvalue weighted by molar-refractivity contribution is 5.50. The fourth-order valence-electron chi connectivity index (χ4n) is 5.13. The van der Waals surface area contributed by atoms with Crippen molar-refractivity contribution in [2.75, 3.05) is 5.32 Å². The first-order chi connectivity index (χ1) is 16.5. The standard InChI is InChI=1S/C27H33F3N4O/c1-5-26(6-2,19-13-10-14-20(15-19)27(28,29)30)33-24(35)21-17-31-34-23(21)32-22(16-25(34,3)4)18-11-8-7-9-12-18/h7-15,17,22,24,32-33,35H,5-6,16H2,1-4H3. The van der Waals surface area contributed by atoms with Crippen molar-refractivity contribution in [1.29, 1.82) is 0 Å². The molecule has 2 atom stereocenters. The van der Waals surface area contributed by atoms with Crippen LogP contribution in [0.15, 0.2) is 60.8 Å². The lowest BCUT2D eigenvalue weighted by Gasteiger charge is -2.40. The number of alkyl halides is 3. The Hall–Kier alpha value is -2.84. The number of aromatic nitrogens is 2. The van der Waals surface area contributed by atoms with E-state index in [1.165, 1.54) is 12.1 Å². The van der Waals surface area contributed by atoms with Gasteiger partial charge in [0.25, 0.3) is 0 Å². The lowest BCUT2D eigenvalue weighted by atomic mass is 9.83. The minimum absolute atomic E-state index is 0.0342. The van der Waals surface area contributed by atoms with Crippen LogP contribution in [-0.2, 0) is 17.3 Å². The maximum atomic E-state index is 13.4. The van der Waals surface area contributed by atoms with E-state index in [-0.39, 0.29) is 11.6 Å². The summed E-state index contributed by atoms with van der Waals surface area (Å²) in [6, 6.07) is 15.5. The first-order valence-corrected chi connectivity index (χ1v) is 12.0. The Morgan fingerprint density at radius 3 is 2.37 bits per heavy atom. The van der Waals surface area contributed by atoms with Gasteiger partial charge in [-0.15, -0.1) is 0 Å². The molecule has 0 radical (unpaired) electrons. The molecule has 1 aromatic heterocycles. The topological polar surface area (TPSA) is 62.1 Å². The zero-order valence-corrected chi connectivity index (χ0v) is 20.5. The fourth-order valence-corrected chi connectivity index (χ4v) is 5.13. The number of aliphatic hydroxyl groups excluding tert-OH is 1. The molecular formula is C27H33F3N4O. The molecule has 0 bridgehead atoms. The monoisotopic (exact) mass is 486 g/mol. The quantitative estimate of drug-likeness (QED) is 0.334. The van der Waals surface area contributed by atoms with Gasteiger partial charge in [-0.25, -0.2) is 4.68 Å². The summed E-state index contributed by atoms with van der Waals surface area (Å²) in [5.41, 5.74) is 0.354. The van der Waals surface area contributed by atoms with Crippen LogP contribution in [0.1, 0.15) is 81.5 Å². The van der Waals surface area contributed by atoms with Crippen LogP contribution in [0.2, 0.25) is 0 Å². The normalized spacial score (nSPS) is 18.6. The van der Waals surface area contributed by atoms with E-state index >= 15 is 0 Å². The van der Waals surface area contributed by atoms with Crippen molar-refractivity contribution >= 4 is 5.82 Å². The maximum Gasteiger partial charge on any atom is 0.416 e. The lowest BCUT2D eigenvalue weighted by Crippen LogP contribution is -2.44. The summed E-state index contributed by atoms with van der Waals surface area (Å²) in [5.74, 6) is 0.709. The molecule has 4 rings (SSSR count). The molecule has 2 heterocycles. The molecule has 8 heteroatoms. The van der Waals surface area contributed by atoms with Crippen LogP contribution in [0.25, 0.3) is 0 Å². The predicted octanol–water partition coefficient (Wildman–Crippen LogP) is 6.49. The molecule has 0 saturated heterocycles. The first-order valence-electron chi connectivity index (χ1n) is 12.0. The Morgan fingerprint density at radius 2 is 1.74 bits per heavy atom. The van der Waals surface area contributed by atoms with E-state index in [0.717, 1.165) is 18.1 Å². The number of nitrogens with one attached hydrogen (secondary N) is 2. The third kappa shape index (κ3) is 4.82. The van der Waals surface area contributed by atoms with Crippen LogP contribution in [0.3, 0.4) is 0 Å². The van der Waals surface area contributed by atoms with Crippen LogP contribution in [0.4, 0.5) is 19.0 Å². The van der Waals surface area contributed by atoms with Gasteiger partial charge >= 0.3 is 6.18 Å². The van der Waals surface area contributed by atoms with Gasteiger partial charge in [-0.1, -0.05) is 56.3 Å². The molecule has 0 fully saturated rings. The lowest BCUT2D eigenvalue weighted by molar-refractivity contribution is -0.137. The van der Waals surface area contributed by atoms with Crippen molar-refractivity contribution in [2.45, 2.75) is 76.5 Å². The van der Waals surface area contributed by atoms with Gasteiger partial charge in [0.1, 0.15) is 12.0 Å². The number of rotatable bonds is 7. The molecule has 188 valence electrons. The number of halogens is 3. The smallest absolute Gasteiger partial charge is 0.374 e. The molecule has 0 spiro atoms. The van der Waals surface area contributed by atoms with Crippen LogP contribution >= 0.6 is 0 Å². The molecule has 1 aliphatic rings. The Morgan fingerprint density at radius 1 is 1.09 bits per heavy atom. The number of anilines is 1. The Bertz CT molecular complexity index is 1150. The van der Waals surface area contributed by atoms with Gasteiger partial charge in [0, 0.05) is 5.54 Å². The highest BCUT2D eigenvalue weighted by Gasteiger charge is 2.39. The first kappa shape index (κ1) is 25.3. The number of benzene rings is 2. The number of aliphatic hydroxyl groups is 1. The molecule has 0 saturated carbocycles. The number of fused-ring (bicyclic) bond motifs is 1. The third-order valence-corrected chi connectivity index (χ3v) is 7.24. The fraction of sp³-hybridized carbons (Fsp3) is 0.444. The van der Waals surface area contributed by atoms with E-state index < -0.39 is 23.5 Å². The second-order valence-electron chi connectivity index (χ2n) is 9.90. The van der Waals surface area contributed by atoms with Gasteiger partial charge in [-0.05, 0) is 56.4 Å².